The van der Waals surface area contributed by atoms with E-state index in [1.165, 1.54) is 6.07 Å². The van der Waals surface area contributed by atoms with Crippen LogP contribution in [-0.4, -0.2) is 10.2 Å². The topological polar surface area (TPSA) is 37.9 Å². The van der Waals surface area contributed by atoms with E-state index in [1.807, 2.05) is 18.2 Å². The largest absolute Gasteiger partial charge is 0.454 e. The highest BCUT2D eigenvalue weighted by Gasteiger charge is 2.06. The van der Waals surface area contributed by atoms with E-state index < -0.39 is 11.6 Å². The number of hydrogen-bond acceptors (Lipinski definition) is 2. The molecule has 0 unspecified atom stereocenters. The van der Waals surface area contributed by atoms with Gasteiger partial charge >= 0.3 is 0 Å². The normalized spacial score (nSPS) is 10.5. The quantitative estimate of drug-likeness (QED) is 0.777. The molecule has 20 heavy (non-hydrogen) atoms. The molecule has 100 valence electrons. The van der Waals surface area contributed by atoms with E-state index >= 15 is 0 Å². The third kappa shape index (κ3) is 2.51. The molecule has 1 N–H and O–H groups in total. The predicted octanol–water partition coefficient (Wildman–Crippen LogP) is 4.15. The molecule has 3 aromatic rings. The summed E-state index contributed by atoms with van der Waals surface area (Å²) in [4.78, 5) is 0. The summed E-state index contributed by atoms with van der Waals surface area (Å²) in [6.07, 6.45) is 1.73. The van der Waals surface area contributed by atoms with Crippen LogP contribution in [0.2, 0.25) is 0 Å². The molecule has 0 amide bonds. The van der Waals surface area contributed by atoms with Crippen molar-refractivity contribution in [1.82, 2.24) is 10.2 Å². The maximum absolute atomic E-state index is 13.5. The molecule has 0 aliphatic carbocycles. The SMILES string of the molecule is Fc1ccc(Oc2ccc(-c3cc[nH]n3)cc2)c(F)c1. The average molecular weight is 272 g/mol. The van der Waals surface area contributed by atoms with Crippen molar-refractivity contribution in [3.8, 4) is 22.8 Å². The number of aromatic nitrogens is 2. The summed E-state index contributed by atoms with van der Waals surface area (Å²) in [6, 6.07) is 12.1. The van der Waals surface area contributed by atoms with Gasteiger partial charge in [-0.15, -0.1) is 0 Å². The fourth-order valence-corrected chi connectivity index (χ4v) is 1.80. The van der Waals surface area contributed by atoms with E-state index in [2.05, 4.69) is 10.2 Å². The molecule has 1 aromatic heterocycles. The fraction of sp³-hybridized carbons (Fsp3) is 0. The van der Waals surface area contributed by atoms with Crippen LogP contribution in [-0.2, 0) is 0 Å². The maximum Gasteiger partial charge on any atom is 0.168 e. The molecule has 0 radical (unpaired) electrons. The van der Waals surface area contributed by atoms with E-state index in [1.54, 1.807) is 18.3 Å². The summed E-state index contributed by atoms with van der Waals surface area (Å²) in [5.74, 6) is -0.918. The van der Waals surface area contributed by atoms with Crippen molar-refractivity contribution in [3.63, 3.8) is 0 Å². The van der Waals surface area contributed by atoms with Crippen molar-refractivity contribution in [2.45, 2.75) is 0 Å². The van der Waals surface area contributed by atoms with E-state index in [4.69, 9.17) is 4.74 Å². The Morgan fingerprint density at radius 1 is 0.950 bits per heavy atom. The van der Waals surface area contributed by atoms with Gasteiger partial charge in [-0.25, -0.2) is 8.78 Å². The number of halogens is 2. The number of aromatic amines is 1. The Balaban J connectivity index is 1.81. The highest BCUT2D eigenvalue weighted by Crippen LogP contribution is 2.27. The van der Waals surface area contributed by atoms with Crippen LogP contribution in [0.1, 0.15) is 0 Å². The Morgan fingerprint density at radius 3 is 2.40 bits per heavy atom. The van der Waals surface area contributed by atoms with Gasteiger partial charge in [-0.1, -0.05) is 0 Å². The minimum atomic E-state index is -0.735. The van der Waals surface area contributed by atoms with Crippen LogP contribution in [0, 0.1) is 11.6 Å². The van der Waals surface area contributed by atoms with Crippen LogP contribution in [0.4, 0.5) is 8.78 Å². The van der Waals surface area contributed by atoms with Crippen molar-refractivity contribution in [3.05, 3.63) is 66.4 Å². The van der Waals surface area contributed by atoms with Crippen molar-refractivity contribution in [1.29, 1.82) is 0 Å². The minimum Gasteiger partial charge on any atom is -0.454 e. The zero-order valence-electron chi connectivity index (χ0n) is 10.3. The summed E-state index contributed by atoms with van der Waals surface area (Å²) in [6.45, 7) is 0. The summed E-state index contributed by atoms with van der Waals surface area (Å²) >= 11 is 0. The first-order chi connectivity index (χ1) is 9.72. The van der Waals surface area contributed by atoms with Gasteiger partial charge in [-0.3, -0.25) is 5.10 Å². The molecule has 3 nitrogen and oxygen atoms in total. The number of hydrogen-bond donors (Lipinski definition) is 1. The maximum atomic E-state index is 13.5. The molecule has 0 saturated heterocycles. The minimum absolute atomic E-state index is 0.0149. The zero-order valence-corrected chi connectivity index (χ0v) is 10.3. The first kappa shape index (κ1) is 12.3. The molecule has 0 aliphatic rings. The van der Waals surface area contributed by atoms with Crippen LogP contribution in [0.15, 0.2) is 54.7 Å². The van der Waals surface area contributed by atoms with Crippen molar-refractivity contribution >= 4 is 0 Å². The molecule has 0 spiro atoms. The Morgan fingerprint density at radius 2 is 1.75 bits per heavy atom. The van der Waals surface area contributed by atoms with Crippen LogP contribution in [0.3, 0.4) is 0 Å². The summed E-state index contributed by atoms with van der Waals surface area (Å²) in [5.41, 5.74) is 1.72. The van der Waals surface area contributed by atoms with Gasteiger partial charge in [-0.2, -0.15) is 5.10 Å². The Labute approximate surface area is 113 Å². The smallest absolute Gasteiger partial charge is 0.168 e. The van der Waals surface area contributed by atoms with E-state index in [-0.39, 0.29) is 5.75 Å². The number of rotatable bonds is 3. The van der Waals surface area contributed by atoms with Gasteiger partial charge < -0.3 is 4.74 Å². The lowest BCUT2D eigenvalue weighted by molar-refractivity contribution is 0.438. The lowest BCUT2D eigenvalue weighted by Gasteiger charge is -2.07. The molecule has 0 atom stereocenters. The molecule has 5 heteroatoms. The van der Waals surface area contributed by atoms with Crippen LogP contribution in [0.25, 0.3) is 11.3 Å². The molecule has 2 aromatic carbocycles. The van der Waals surface area contributed by atoms with E-state index in [9.17, 15) is 8.78 Å². The van der Waals surface area contributed by atoms with E-state index in [0.29, 0.717) is 5.75 Å². The molecular formula is C15H10F2N2O. The van der Waals surface area contributed by atoms with Crippen LogP contribution in [0.5, 0.6) is 11.5 Å². The zero-order chi connectivity index (χ0) is 13.9. The van der Waals surface area contributed by atoms with Crippen molar-refractivity contribution in [2.75, 3.05) is 0 Å². The van der Waals surface area contributed by atoms with Crippen LogP contribution < -0.4 is 4.74 Å². The third-order valence-corrected chi connectivity index (χ3v) is 2.77. The number of nitrogens with one attached hydrogen (secondary N) is 1. The highest BCUT2D eigenvalue weighted by molar-refractivity contribution is 5.59. The fourth-order valence-electron chi connectivity index (χ4n) is 1.80. The van der Waals surface area contributed by atoms with Gasteiger partial charge in [0.15, 0.2) is 11.6 Å². The Bertz CT molecular complexity index is 709. The summed E-state index contributed by atoms with van der Waals surface area (Å²) < 4.78 is 31.6. The lowest BCUT2D eigenvalue weighted by Crippen LogP contribution is -1.89. The second kappa shape index (κ2) is 5.13. The monoisotopic (exact) mass is 272 g/mol. The van der Waals surface area contributed by atoms with Gasteiger partial charge in [0.2, 0.25) is 0 Å². The lowest BCUT2D eigenvalue weighted by atomic mass is 10.1. The van der Waals surface area contributed by atoms with Gasteiger partial charge in [0, 0.05) is 17.8 Å². The summed E-state index contributed by atoms with van der Waals surface area (Å²) in [7, 11) is 0. The first-order valence-electron chi connectivity index (χ1n) is 5.95. The number of H-pyrrole nitrogens is 1. The molecule has 0 saturated carbocycles. The van der Waals surface area contributed by atoms with E-state index in [0.717, 1.165) is 23.4 Å². The third-order valence-electron chi connectivity index (χ3n) is 2.77. The number of benzene rings is 2. The molecule has 1 heterocycles. The molecular weight excluding hydrogens is 262 g/mol. The van der Waals surface area contributed by atoms with Crippen molar-refractivity contribution in [2.24, 2.45) is 0 Å². The predicted molar refractivity (Wildman–Crippen MR) is 70.5 cm³/mol. The Hall–Kier alpha value is -2.69. The standard InChI is InChI=1S/C15H10F2N2O/c16-11-3-6-15(13(17)9-11)20-12-4-1-10(2-5-12)14-7-8-18-19-14/h1-9H,(H,18,19). The molecule has 0 fully saturated rings. The average Bonchev–Trinajstić information content (AvgIpc) is 2.97. The number of ether oxygens (including phenoxy) is 1. The number of nitrogens with zero attached hydrogens (tertiary/aromatic N) is 1. The van der Waals surface area contributed by atoms with Crippen molar-refractivity contribution < 1.29 is 13.5 Å². The first-order valence-corrected chi connectivity index (χ1v) is 5.95. The second-order valence-electron chi connectivity index (χ2n) is 4.16. The highest BCUT2D eigenvalue weighted by atomic mass is 19.1. The Kier molecular flexibility index (Phi) is 3.16. The van der Waals surface area contributed by atoms with Gasteiger partial charge in [-0.05, 0) is 42.5 Å². The van der Waals surface area contributed by atoms with Gasteiger partial charge in [0.1, 0.15) is 11.6 Å². The molecule has 0 bridgehead atoms. The van der Waals surface area contributed by atoms with Gasteiger partial charge in [0.25, 0.3) is 0 Å². The van der Waals surface area contributed by atoms with Crippen LogP contribution >= 0.6 is 0 Å². The molecule has 0 aliphatic heterocycles. The van der Waals surface area contributed by atoms with Gasteiger partial charge in [0.05, 0.1) is 5.69 Å². The summed E-state index contributed by atoms with van der Waals surface area (Å²) in [5, 5.41) is 6.79. The second-order valence-corrected chi connectivity index (χ2v) is 4.16. The molecule has 3 rings (SSSR count).